The lowest BCUT2D eigenvalue weighted by atomic mass is 10.1. The third-order valence-corrected chi connectivity index (χ3v) is 1.56. The minimum atomic E-state index is 0.964. The monoisotopic (exact) mass is 186 g/mol. The van der Waals surface area contributed by atoms with Gasteiger partial charge in [0.25, 0.3) is 0 Å². The highest BCUT2D eigenvalue weighted by Crippen LogP contribution is 2.04. The van der Waals surface area contributed by atoms with Gasteiger partial charge in [0.1, 0.15) is 0 Å². The van der Waals surface area contributed by atoms with Crippen LogP contribution in [0.5, 0.6) is 0 Å². The highest BCUT2D eigenvalue weighted by atomic mass is 13.9. The van der Waals surface area contributed by atoms with Gasteiger partial charge in [-0.3, -0.25) is 0 Å². The summed E-state index contributed by atoms with van der Waals surface area (Å²) in [5, 5.41) is 0. The molecule has 0 aromatic carbocycles. The second-order valence-electron chi connectivity index (χ2n) is 3.21. The smallest absolute Gasteiger partial charge is 0.00293 e. The first-order valence-corrected chi connectivity index (χ1v) is 4.83. The molecule has 0 radical (unpaired) electrons. The maximum atomic E-state index is 3.70. The molecule has 0 atom stereocenters. The largest absolute Gasteiger partial charge is 0.122 e. The van der Waals surface area contributed by atoms with E-state index in [1.807, 2.05) is 39.0 Å². The van der Waals surface area contributed by atoms with Crippen LogP contribution in [-0.4, -0.2) is 0 Å². The van der Waals surface area contributed by atoms with Crippen LogP contribution in [0.15, 0.2) is 41.7 Å². The Morgan fingerprint density at radius 2 is 2.07 bits per heavy atom. The zero-order chi connectivity index (χ0) is 10.8. The molecular formula is C14H18. The van der Waals surface area contributed by atoms with Gasteiger partial charge in [0.2, 0.25) is 0 Å². The first kappa shape index (κ1) is 12.6. The Labute approximate surface area is 87.7 Å². The van der Waals surface area contributed by atoms with Crippen LogP contribution in [0.25, 0.3) is 0 Å². The lowest BCUT2D eigenvalue weighted by molar-refractivity contribution is 1.02. The van der Waals surface area contributed by atoms with E-state index in [2.05, 4.69) is 24.2 Å². The summed E-state index contributed by atoms with van der Waals surface area (Å²) in [5.74, 6) is 5.98. The summed E-state index contributed by atoms with van der Waals surface area (Å²) in [6.45, 7) is 9.60. The molecule has 0 aliphatic rings. The van der Waals surface area contributed by atoms with Crippen LogP contribution in [0, 0.1) is 11.8 Å². The fourth-order valence-corrected chi connectivity index (χ4v) is 0.915. The van der Waals surface area contributed by atoms with E-state index in [0.717, 1.165) is 18.4 Å². The second-order valence-corrected chi connectivity index (χ2v) is 3.21. The number of hydrogen-bond acceptors (Lipinski definition) is 0. The predicted molar refractivity (Wildman–Crippen MR) is 63.9 cm³/mol. The van der Waals surface area contributed by atoms with Crippen molar-refractivity contribution in [3.05, 3.63) is 41.7 Å². The molecule has 0 N–H and O–H groups in total. The van der Waals surface area contributed by atoms with E-state index in [4.69, 9.17) is 0 Å². The summed E-state index contributed by atoms with van der Waals surface area (Å²) in [6.07, 6.45) is 7.80. The molecule has 0 heterocycles. The van der Waals surface area contributed by atoms with E-state index in [1.54, 1.807) is 0 Å². The molecule has 0 nitrogen and oxygen atoms in total. The van der Waals surface area contributed by atoms with Crippen molar-refractivity contribution in [2.24, 2.45) is 0 Å². The Kier molecular flexibility index (Phi) is 7.33. The van der Waals surface area contributed by atoms with Crippen molar-refractivity contribution in [3.63, 3.8) is 0 Å². The predicted octanol–water partition coefficient (Wildman–Crippen LogP) is 4.02. The van der Waals surface area contributed by atoms with Gasteiger partial charge >= 0.3 is 0 Å². The summed E-state index contributed by atoms with van der Waals surface area (Å²) >= 11 is 0. The van der Waals surface area contributed by atoms with Crippen molar-refractivity contribution in [3.8, 4) is 11.8 Å². The second kappa shape index (κ2) is 8.17. The molecule has 0 rings (SSSR count). The summed E-state index contributed by atoms with van der Waals surface area (Å²) in [4.78, 5) is 0. The van der Waals surface area contributed by atoms with E-state index in [9.17, 15) is 0 Å². The maximum absolute atomic E-state index is 3.70. The van der Waals surface area contributed by atoms with Gasteiger partial charge in [0, 0.05) is 5.57 Å². The van der Waals surface area contributed by atoms with E-state index in [1.165, 1.54) is 5.57 Å². The molecule has 0 bridgehead atoms. The average molecular weight is 186 g/mol. The molecule has 0 aliphatic heterocycles. The Morgan fingerprint density at radius 3 is 2.57 bits per heavy atom. The van der Waals surface area contributed by atoms with E-state index < -0.39 is 0 Å². The van der Waals surface area contributed by atoms with Gasteiger partial charge in [-0.15, -0.1) is 18.2 Å². The summed E-state index contributed by atoms with van der Waals surface area (Å²) in [5.41, 5.74) is 5.45. The molecule has 0 spiro atoms. The molecule has 0 saturated heterocycles. The maximum Gasteiger partial charge on any atom is 0.00293 e. The van der Waals surface area contributed by atoms with E-state index in [-0.39, 0.29) is 0 Å². The van der Waals surface area contributed by atoms with E-state index in [0.29, 0.717) is 0 Å². The fraction of sp³-hybridized carbons (Fsp3) is 0.357. The zero-order valence-corrected chi connectivity index (χ0v) is 9.35. The highest BCUT2D eigenvalue weighted by Gasteiger charge is 1.88. The number of allylic oxidation sites excluding steroid dienone is 4. The quantitative estimate of drug-likeness (QED) is 0.269. The van der Waals surface area contributed by atoms with Gasteiger partial charge in [-0.05, 0) is 51.3 Å². The van der Waals surface area contributed by atoms with E-state index >= 15 is 0 Å². The van der Waals surface area contributed by atoms with Crippen molar-refractivity contribution in [2.75, 3.05) is 0 Å². The normalized spacial score (nSPS) is 9.50. The lowest BCUT2D eigenvalue weighted by Crippen LogP contribution is -1.77. The first-order valence-electron chi connectivity index (χ1n) is 4.83. The molecule has 0 fully saturated rings. The molecule has 74 valence electrons. The van der Waals surface area contributed by atoms with Crippen LogP contribution in [0.4, 0.5) is 0 Å². The Hall–Kier alpha value is -1.44. The summed E-state index contributed by atoms with van der Waals surface area (Å²) in [7, 11) is 0. The highest BCUT2D eigenvalue weighted by molar-refractivity contribution is 5.31. The molecule has 0 unspecified atom stereocenters. The standard InChI is InChI=1S/C14H18/c1-5-7-11-14(9-6-2)12-8-10-13(3)4/h5,8,12H,1,7,11H2,2-4H3/b14-12-. The minimum Gasteiger partial charge on any atom is -0.122 e. The minimum absolute atomic E-state index is 0.964. The number of hydrogen-bond donors (Lipinski definition) is 0. The lowest BCUT2D eigenvalue weighted by Gasteiger charge is -1.93. The molecule has 0 aliphatic carbocycles. The Balaban J connectivity index is 4.53. The first-order chi connectivity index (χ1) is 6.70. The van der Waals surface area contributed by atoms with Crippen LogP contribution >= 0.6 is 0 Å². The summed E-state index contributed by atoms with van der Waals surface area (Å²) in [6, 6.07) is 0. The van der Waals surface area contributed by atoms with Crippen LogP contribution in [-0.2, 0) is 0 Å². The van der Waals surface area contributed by atoms with Gasteiger partial charge in [-0.1, -0.05) is 12.0 Å². The van der Waals surface area contributed by atoms with Crippen molar-refractivity contribution >= 4 is 0 Å². The molecule has 0 aromatic rings. The number of rotatable bonds is 4. The van der Waals surface area contributed by atoms with Crippen molar-refractivity contribution < 1.29 is 0 Å². The molecule has 0 amide bonds. The van der Waals surface area contributed by atoms with Crippen LogP contribution in [0.3, 0.4) is 0 Å². The Morgan fingerprint density at radius 1 is 1.36 bits per heavy atom. The SMILES string of the molecule is C=CCC/C(C#CC)=C\C=C=C(C)C. The van der Waals surface area contributed by atoms with Crippen molar-refractivity contribution in [2.45, 2.75) is 33.6 Å². The van der Waals surface area contributed by atoms with Crippen LogP contribution in [0.2, 0.25) is 0 Å². The topological polar surface area (TPSA) is 0 Å². The zero-order valence-electron chi connectivity index (χ0n) is 9.35. The summed E-state index contributed by atoms with van der Waals surface area (Å²) < 4.78 is 0. The molecular weight excluding hydrogens is 168 g/mol. The third kappa shape index (κ3) is 7.22. The van der Waals surface area contributed by atoms with Crippen molar-refractivity contribution in [1.82, 2.24) is 0 Å². The van der Waals surface area contributed by atoms with Gasteiger partial charge in [0.05, 0.1) is 0 Å². The van der Waals surface area contributed by atoms with Gasteiger partial charge in [-0.2, -0.15) is 0 Å². The molecule has 0 aromatic heterocycles. The molecule has 0 saturated carbocycles. The average Bonchev–Trinajstić information content (AvgIpc) is 2.13. The van der Waals surface area contributed by atoms with Crippen LogP contribution < -0.4 is 0 Å². The Bertz CT molecular complexity index is 319. The van der Waals surface area contributed by atoms with Gasteiger partial charge in [0.15, 0.2) is 0 Å². The van der Waals surface area contributed by atoms with Gasteiger partial charge in [-0.25, -0.2) is 0 Å². The fourth-order valence-electron chi connectivity index (χ4n) is 0.915. The van der Waals surface area contributed by atoms with Crippen molar-refractivity contribution in [1.29, 1.82) is 0 Å². The van der Waals surface area contributed by atoms with Gasteiger partial charge < -0.3 is 0 Å². The third-order valence-electron chi connectivity index (χ3n) is 1.56. The van der Waals surface area contributed by atoms with Crippen LogP contribution in [0.1, 0.15) is 33.6 Å². The molecule has 0 heteroatoms. The molecule has 14 heavy (non-hydrogen) atoms.